The van der Waals surface area contributed by atoms with Crippen LogP contribution in [-0.4, -0.2) is 49.6 Å². The zero-order valence-corrected chi connectivity index (χ0v) is 11.5. The summed E-state index contributed by atoms with van der Waals surface area (Å²) in [4.78, 5) is 2.53. The van der Waals surface area contributed by atoms with Gasteiger partial charge in [-0.05, 0) is 50.8 Å². The molecule has 15 heavy (non-hydrogen) atoms. The molecule has 1 aliphatic rings. The lowest BCUT2D eigenvalue weighted by atomic mass is 9.89. The molecule has 2 atom stereocenters. The Labute approximate surface area is 99.2 Å². The van der Waals surface area contributed by atoms with Gasteiger partial charge in [-0.25, -0.2) is 0 Å². The molecule has 1 heterocycles. The number of thioether (sulfide) groups is 1. The molecule has 3 heteroatoms. The third-order valence-corrected chi connectivity index (χ3v) is 4.22. The molecule has 0 aromatic carbocycles. The van der Waals surface area contributed by atoms with Gasteiger partial charge in [0.1, 0.15) is 0 Å². The van der Waals surface area contributed by atoms with Gasteiger partial charge in [0, 0.05) is 19.1 Å². The summed E-state index contributed by atoms with van der Waals surface area (Å²) in [6.45, 7) is 8.37. The first-order chi connectivity index (χ1) is 7.07. The molecule has 1 rings (SSSR count). The maximum atomic E-state index is 3.47. The highest BCUT2D eigenvalue weighted by molar-refractivity contribution is 7.98. The highest BCUT2D eigenvalue weighted by Crippen LogP contribution is 2.26. The summed E-state index contributed by atoms with van der Waals surface area (Å²) < 4.78 is 0. The van der Waals surface area contributed by atoms with Gasteiger partial charge in [-0.15, -0.1) is 0 Å². The normalized spacial score (nSPS) is 28.6. The fraction of sp³-hybridized carbons (Fsp3) is 1.00. The number of rotatable bonds is 6. The lowest BCUT2D eigenvalue weighted by Crippen LogP contribution is -2.40. The van der Waals surface area contributed by atoms with E-state index in [9.17, 15) is 0 Å². The van der Waals surface area contributed by atoms with Gasteiger partial charge in [-0.2, -0.15) is 11.8 Å². The molecule has 0 aromatic rings. The van der Waals surface area contributed by atoms with Crippen LogP contribution in [0.15, 0.2) is 0 Å². The fourth-order valence-electron chi connectivity index (χ4n) is 2.27. The van der Waals surface area contributed by atoms with Crippen LogP contribution in [0.3, 0.4) is 0 Å². The van der Waals surface area contributed by atoms with Crippen molar-refractivity contribution in [2.45, 2.75) is 32.7 Å². The van der Waals surface area contributed by atoms with E-state index in [-0.39, 0.29) is 0 Å². The van der Waals surface area contributed by atoms with Crippen LogP contribution >= 0.6 is 11.8 Å². The third kappa shape index (κ3) is 4.33. The Balaban J connectivity index is 2.30. The Morgan fingerprint density at radius 3 is 2.80 bits per heavy atom. The molecule has 0 saturated carbocycles. The van der Waals surface area contributed by atoms with Crippen LogP contribution in [0.5, 0.6) is 0 Å². The summed E-state index contributed by atoms with van der Waals surface area (Å²) in [6.07, 6.45) is 4.82. The van der Waals surface area contributed by atoms with Crippen LogP contribution in [0.2, 0.25) is 0 Å². The van der Waals surface area contributed by atoms with Crippen LogP contribution < -0.4 is 5.32 Å². The Hall–Kier alpha value is 0.270. The van der Waals surface area contributed by atoms with Gasteiger partial charge >= 0.3 is 0 Å². The summed E-state index contributed by atoms with van der Waals surface area (Å²) in [7, 11) is 2.27. The predicted octanol–water partition coefficient (Wildman–Crippen LogP) is 2.06. The average molecular weight is 230 g/mol. The van der Waals surface area contributed by atoms with Crippen molar-refractivity contribution in [3.05, 3.63) is 0 Å². The predicted molar refractivity (Wildman–Crippen MR) is 70.7 cm³/mol. The van der Waals surface area contributed by atoms with Crippen LogP contribution in [0.4, 0.5) is 0 Å². The van der Waals surface area contributed by atoms with Crippen LogP contribution in [0, 0.1) is 5.41 Å². The van der Waals surface area contributed by atoms with Crippen molar-refractivity contribution in [3.63, 3.8) is 0 Å². The number of hydrogen-bond acceptors (Lipinski definition) is 3. The van der Waals surface area contributed by atoms with Gasteiger partial charge in [0.25, 0.3) is 0 Å². The first-order valence-corrected chi connectivity index (χ1v) is 7.37. The van der Waals surface area contributed by atoms with E-state index < -0.39 is 0 Å². The van der Waals surface area contributed by atoms with E-state index >= 15 is 0 Å². The quantitative estimate of drug-likeness (QED) is 0.752. The minimum atomic E-state index is 0.502. The molecule has 0 amide bonds. The minimum absolute atomic E-state index is 0.502. The molecule has 0 spiro atoms. The van der Waals surface area contributed by atoms with Crippen molar-refractivity contribution in [1.82, 2.24) is 10.2 Å². The zero-order valence-electron chi connectivity index (χ0n) is 10.7. The highest BCUT2D eigenvalue weighted by Gasteiger charge is 2.30. The standard InChI is InChI=1S/C12H26N2S/c1-11(5-8-15-4)14(3)10-12(2)6-7-13-9-12/h11,13H,5-10H2,1-4H3. The minimum Gasteiger partial charge on any atom is -0.316 e. The van der Waals surface area contributed by atoms with E-state index in [0.717, 1.165) is 6.04 Å². The van der Waals surface area contributed by atoms with Gasteiger partial charge in [-0.3, -0.25) is 0 Å². The maximum Gasteiger partial charge on any atom is 0.00719 e. The maximum absolute atomic E-state index is 3.47. The van der Waals surface area contributed by atoms with Gasteiger partial charge in [0.05, 0.1) is 0 Å². The Morgan fingerprint density at radius 1 is 1.53 bits per heavy atom. The fourth-order valence-corrected chi connectivity index (χ4v) is 2.85. The number of nitrogens with one attached hydrogen (secondary N) is 1. The molecule has 1 aliphatic heterocycles. The first kappa shape index (κ1) is 13.3. The number of hydrogen-bond donors (Lipinski definition) is 1. The van der Waals surface area contributed by atoms with Crippen molar-refractivity contribution in [2.75, 3.05) is 38.7 Å². The molecule has 1 N–H and O–H groups in total. The van der Waals surface area contributed by atoms with Crippen LogP contribution in [0.1, 0.15) is 26.7 Å². The Bertz CT molecular complexity index is 178. The molecule has 90 valence electrons. The summed E-state index contributed by atoms with van der Waals surface area (Å²) in [5, 5.41) is 3.47. The van der Waals surface area contributed by atoms with E-state index in [2.05, 4.69) is 37.4 Å². The van der Waals surface area contributed by atoms with Crippen molar-refractivity contribution in [2.24, 2.45) is 5.41 Å². The summed E-state index contributed by atoms with van der Waals surface area (Å²) in [5.74, 6) is 1.28. The lowest BCUT2D eigenvalue weighted by Gasteiger charge is -2.33. The third-order valence-electron chi connectivity index (χ3n) is 3.58. The lowest BCUT2D eigenvalue weighted by molar-refractivity contribution is 0.166. The highest BCUT2D eigenvalue weighted by atomic mass is 32.2. The molecule has 1 saturated heterocycles. The average Bonchev–Trinajstić information content (AvgIpc) is 2.61. The van der Waals surface area contributed by atoms with E-state index in [4.69, 9.17) is 0 Å². The van der Waals surface area contributed by atoms with Gasteiger partial charge in [0.15, 0.2) is 0 Å². The second-order valence-corrected chi connectivity index (χ2v) is 6.27. The summed E-state index contributed by atoms with van der Waals surface area (Å²) >= 11 is 1.95. The van der Waals surface area contributed by atoms with Gasteiger partial charge in [-0.1, -0.05) is 6.92 Å². The molecular formula is C12H26N2S. The van der Waals surface area contributed by atoms with Gasteiger partial charge < -0.3 is 10.2 Å². The molecule has 1 fully saturated rings. The summed E-state index contributed by atoms with van der Waals surface area (Å²) in [6, 6.07) is 0.717. The molecule has 2 nitrogen and oxygen atoms in total. The largest absolute Gasteiger partial charge is 0.316 e. The smallest absolute Gasteiger partial charge is 0.00719 e. The molecular weight excluding hydrogens is 204 g/mol. The van der Waals surface area contributed by atoms with Crippen molar-refractivity contribution < 1.29 is 0 Å². The SMILES string of the molecule is CSCCC(C)N(C)CC1(C)CCNC1. The zero-order chi connectivity index (χ0) is 11.3. The molecule has 0 radical (unpaired) electrons. The summed E-state index contributed by atoms with van der Waals surface area (Å²) in [5.41, 5.74) is 0.502. The van der Waals surface area contributed by atoms with Gasteiger partial charge in [0.2, 0.25) is 0 Å². The number of nitrogens with zero attached hydrogens (tertiary/aromatic N) is 1. The molecule has 2 unspecified atom stereocenters. The van der Waals surface area contributed by atoms with Crippen molar-refractivity contribution in [3.8, 4) is 0 Å². The van der Waals surface area contributed by atoms with Crippen molar-refractivity contribution in [1.29, 1.82) is 0 Å². The Kier molecular flexibility index (Phi) is 5.44. The van der Waals surface area contributed by atoms with E-state index in [1.807, 2.05) is 11.8 Å². The topological polar surface area (TPSA) is 15.3 Å². The van der Waals surface area contributed by atoms with E-state index in [0.29, 0.717) is 5.41 Å². The molecule has 0 bridgehead atoms. The molecule has 0 aromatic heterocycles. The monoisotopic (exact) mass is 230 g/mol. The van der Waals surface area contributed by atoms with E-state index in [1.165, 1.54) is 38.2 Å². The van der Waals surface area contributed by atoms with Crippen LogP contribution in [-0.2, 0) is 0 Å². The van der Waals surface area contributed by atoms with E-state index in [1.54, 1.807) is 0 Å². The molecule has 0 aliphatic carbocycles. The first-order valence-electron chi connectivity index (χ1n) is 5.97. The second kappa shape index (κ2) is 6.12. The van der Waals surface area contributed by atoms with Crippen molar-refractivity contribution >= 4 is 11.8 Å². The van der Waals surface area contributed by atoms with Crippen LogP contribution in [0.25, 0.3) is 0 Å². The Morgan fingerprint density at radius 2 is 2.27 bits per heavy atom. The second-order valence-electron chi connectivity index (χ2n) is 5.28.